The molecule has 3 rings (SSSR count). The van der Waals surface area contributed by atoms with Crippen LogP contribution in [0.25, 0.3) is 11.0 Å². The van der Waals surface area contributed by atoms with Crippen molar-refractivity contribution in [3.05, 3.63) is 24.0 Å². The number of esters is 2. The number of carbonyl (C=O) groups is 2. The number of hydrogen-bond donors (Lipinski definition) is 1. The van der Waals surface area contributed by atoms with Crippen LogP contribution in [0, 0.1) is 12.3 Å². The van der Waals surface area contributed by atoms with Crippen molar-refractivity contribution >= 4 is 28.7 Å². The SMILES string of the molecule is C#CCC(=O)O[C@@H]1CC[C@@H](N(C)c2c(C(=O)OCC)cnc3[nH]ccc23)C1. The molecule has 0 unspecified atom stereocenters. The second-order valence-corrected chi connectivity index (χ2v) is 6.55. The highest BCUT2D eigenvalue weighted by molar-refractivity contribution is 6.04. The maximum absolute atomic E-state index is 12.4. The highest BCUT2D eigenvalue weighted by Gasteiger charge is 2.32. The number of fused-ring (bicyclic) bond motifs is 1. The molecule has 0 radical (unpaired) electrons. The van der Waals surface area contributed by atoms with E-state index in [4.69, 9.17) is 15.9 Å². The van der Waals surface area contributed by atoms with Crippen molar-refractivity contribution in [1.29, 1.82) is 0 Å². The van der Waals surface area contributed by atoms with Crippen LogP contribution < -0.4 is 4.90 Å². The number of terminal acetylenes is 1. The summed E-state index contributed by atoms with van der Waals surface area (Å²) >= 11 is 0. The second kappa shape index (κ2) is 8.12. The van der Waals surface area contributed by atoms with Gasteiger partial charge in [-0.05, 0) is 25.8 Å². The molecule has 2 aromatic rings. The van der Waals surface area contributed by atoms with E-state index in [1.54, 1.807) is 19.3 Å². The fourth-order valence-corrected chi connectivity index (χ4v) is 3.60. The number of aromatic amines is 1. The smallest absolute Gasteiger partial charge is 0.341 e. The molecule has 2 heterocycles. The molecule has 142 valence electrons. The average Bonchev–Trinajstić information content (AvgIpc) is 3.29. The summed E-state index contributed by atoms with van der Waals surface area (Å²) in [5.74, 6) is 1.54. The van der Waals surface area contributed by atoms with Gasteiger partial charge >= 0.3 is 11.9 Å². The first kappa shape index (κ1) is 18.8. The third kappa shape index (κ3) is 3.90. The zero-order valence-electron chi connectivity index (χ0n) is 15.5. The Morgan fingerprint density at radius 1 is 1.44 bits per heavy atom. The van der Waals surface area contributed by atoms with Gasteiger partial charge < -0.3 is 19.4 Å². The van der Waals surface area contributed by atoms with Crippen LogP contribution >= 0.6 is 0 Å². The third-order valence-electron chi connectivity index (χ3n) is 4.86. The topological polar surface area (TPSA) is 84.5 Å². The number of pyridine rings is 1. The molecule has 0 spiro atoms. The average molecular weight is 369 g/mol. The van der Waals surface area contributed by atoms with Gasteiger partial charge in [0.2, 0.25) is 0 Å². The molecule has 27 heavy (non-hydrogen) atoms. The van der Waals surface area contributed by atoms with Gasteiger partial charge in [-0.25, -0.2) is 9.78 Å². The molecule has 0 saturated heterocycles. The number of carbonyl (C=O) groups excluding carboxylic acids is 2. The van der Waals surface area contributed by atoms with E-state index >= 15 is 0 Å². The first-order chi connectivity index (χ1) is 13.0. The van der Waals surface area contributed by atoms with Crippen molar-refractivity contribution in [3.8, 4) is 12.3 Å². The van der Waals surface area contributed by atoms with E-state index in [-0.39, 0.29) is 24.5 Å². The molecule has 0 aromatic carbocycles. The Balaban J connectivity index is 1.85. The van der Waals surface area contributed by atoms with Gasteiger partial charge in [-0.15, -0.1) is 6.42 Å². The predicted molar refractivity (Wildman–Crippen MR) is 101 cm³/mol. The summed E-state index contributed by atoms with van der Waals surface area (Å²) in [5.41, 5.74) is 1.92. The van der Waals surface area contributed by atoms with E-state index in [1.807, 2.05) is 13.1 Å². The number of nitrogens with zero attached hydrogens (tertiary/aromatic N) is 2. The number of H-pyrrole nitrogens is 1. The molecule has 1 aliphatic carbocycles. The Morgan fingerprint density at radius 2 is 2.26 bits per heavy atom. The minimum Gasteiger partial charge on any atom is -0.462 e. The minimum absolute atomic E-state index is 0.0155. The lowest BCUT2D eigenvalue weighted by atomic mass is 10.1. The Hall–Kier alpha value is -3.01. The van der Waals surface area contributed by atoms with Gasteiger partial charge in [0, 0.05) is 37.3 Å². The molecule has 0 aliphatic heterocycles. The summed E-state index contributed by atoms with van der Waals surface area (Å²) in [5, 5.41) is 0.857. The van der Waals surface area contributed by atoms with Gasteiger partial charge in [-0.1, -0.05) is 5.92 Å². The van der Waals surface area contributed by atoms with Crippen molar-refractivity contribution in [1.82, 2.24) is 9.97 Å². The molecular formula is C20H23N3O4. The van der Waals surface area contributed by atoms with Crippen molar-refractivity contribution < 1.29 is 19.1 Å². The number of rotatable bonds is 6. The van der Waals surface area contributed by atoms with E-state index in [9.17, 15) is 9.59 Å². The molecule has 1 saturated carbocycles. The quantitative estimate of drug-likeness (QED) is 0.622. The molecule has 1 N–H and O–H groups in total. The molecule has 7 nitrogen and oxygen atoms in total. The lowest BCUT2D eigenvalue weighted by Crippen LogP contribution is -2.32. The van der Waals surface area contributed by atoms with Crippen molar-refractivity contribution in [2.75, 3.05) is 18.6 Å². The third-order valence-corrected chi connectivity index (χ3v) is 4.86. The number of nitrogens with one attached hydrogen (secondary N) is 1. The molecule has 1 fully saturated rings. The summed E-state index contributed by atoms with van der Waals surface area (Å²) < 4.78 is 10.6. The standard InChI is InChI=1S/C20H23N3O4/c1-4-6-17(24)27-14-8-7-13(11-14)23(3)18-15-9-10-21-19(15)22-12-16(18)20(25)26-5-2/h1,9-10,12-14H,5-8,11H2,2-3H3,(H,21,22)/t13-,14-/m1/s1. The van der Waals surface area contributed by atoms with Gasteiger partial charge in [0.05, 0.1) is 12.3 Å². The molecule has 2 aromatic heterocycles. The first-order valence-electron chi connectivity index (χ1n) is 9.04. The van der Waals surface area contributed by atoms with Gasteiger partial charge in [0.15, 0.2) is 0 Å². The van der Waals surface area contributed by atoms with Crippen LogP contribution in [-0.4, -0.2) is 47.7 Å². The van der Waals surface area contributed by atoms with Crippen LogP contribution in [0.4, 0.5) is 5.69 Å². The van der Waals surface area contributed by atoms with Crippen molar-refractivity contribution in [2.45, 2.75) is 44.8 Å². The van der Waals surface area contributed by atoms with Crippen LogP contribution in [0.15, 0.2) is 18.5 Å². The Bertz CT molecular complexity index is 883. The lowest BCUT2D eigenvalue weighted by molar-refractivity contribution is -0.147. The Morgan fingerprint density at radius 3 is 3.00 bits per heavy atom. The second-order valence-electron chi connectivity index (χ2n) is 6.55. The largest absolute Gasteiger partial charge is 0.462 e. The predicted octanol–water partition coefficient (Wildman–Crippen LogP) is 2.66. The number of ether oxygens (including phenoxy) is 2. The van der Waals surface area contributed by atoms with E-state index in [1.165, 1.54) is 0 Å². The number of aromatic nitrogens is 2. The molecule has 7 heteroatoms. The highest BCUT2D eigenvalue weighted by atomic mass is 16.5. The summed E-state index contributed by atoms with van der Waals surface area (Å²) in [7, 11) is 1.95. The van der Waals surface area contributed by atoms with Crippen molar-refractivity contribution in [2.24, 2.45) is 0 Å². The molecular weight excluding hydrogens is 346 g/mol. The monoisotopic (exact) mass is 369 g/mol. The van der Waals surface area contributed by atoms with Crippen LogP contribution in [-0.2, 0) is 14.3 Å². The lowest BCUT2D eigenvalue weighted by Gasteiger charge is -2.29. The fraction of sp³-hybridized carbons (Fsp3) is 0.450. The molecule has 1 aliphatic rings. The van der Waals surface area contributed by atoms with E-state index in [2.05, 4.69) is 20.8 Å². The first-order valence-corrected chi connectivity index (χ1v) is 9.04. The Kier molecular flexibility index (Phi) is 5.65. The minimum atomic E-state index is -0.398. The number of anilines is 1. The molecule has 0 amide bonds. The molecule has 0 bridgehead atoms. The number of hydrogen-bond acceptors (Lipinski definition) is 6. The fourth-order valence-electron chi connectivity index (χ4n) is 3.60. The van der Waals surface area contributed by atoms with Crippen LogP contribution in [0.1, 0.15) is 43.0 Å². The molecule has 2 atom stereocenters. The normalized spacial score (nSPS) is 18.9. The van der Waals surface area contributed by atoms with Crippen LogP contribution in [0.5, 0.6) is 0 Å². The van der Waals surface area contributed by atoms with Crippen LogP contribution in [0.3, 0.4) is 0 Å². The van der Waals surface area contributed by atoms with Gasteiger partial charge in [-0.3, -0.25) is 4.79 Å². The summed E-state index contributed by atoms with van der Waals surface area (Å²) in [6.45, 7) is 2.07. The van der Waals surface area contributed by atoms with E-state index < -0.39 is 5.97 Å². The van der Waals surface area contributed by atoms with E-state index in [0.29, 0.717) is 24.2 Å². The Labute approximate surface area is 158 Å². The summed E-state index contributed by atoms with van der Waals surface area (Å²) in [6, 6.07) is 2.03. The maximum atomic E-state index is 12.4. The highest BCUT2D eigenvalue weighted by Crippen LogP contribution is 2.35. The van der Waals surface area contributed by atoms with Gasteiger partial charge in [0.25, 0.3) is 0 Å². The maximum Gasteiger partial charge on any atom is 0.341 e. The van der Waals surface area contributed by atoms with E-state index in [0.717, 1.165) is 23.9 Å². The zero-order valence-corrected chi connectivity index (χ0v) is 15.5. The zero-order chi connectivity index (χ0) is 19.4. The van der Waals surface area contributed by atoms with Crippen molar-refractivity contribution in [3.63, 3.8) is 0 Å². The van der Waals surface area contributed by atoms with Crippen LogP contribution in [0.2, 0.25) is 0 Å². The van der Waals surface area contributed by atoms with Gasteiger partial charge in [-0.2, -0.15) is 0 Å². The summed E-state index contributed by atoms with van der Waals surface area (Å²) in [4.78, 5) is 33.6. The van der Waals surface area contributed by atoms with Gasteiger partial charge in [0.1, 0.15) is 23.7 Å². The summed E-state index contributed by atoms with van der Waals surface area (Å²) in [6.07, 6.45) is 10.6.